The topological polar surface area (TPSA) is 58.6 Å². The van der Waals surface area contributed by atoms with E-state index in [-0.39, 0.29) is 22.4 Å². The largest absolute Gasteiger partial charge is 0.507 e. The maximum atomic E-state index is 14.0. The van der Waals surface area contributed by atoms with Crippen LogP contribution in [0.4, 0.5) is 10.1 Å². The SMILES string of the molecule is CC(C)(C)c1cc(C=Nc2ccccc2-c2nc3c(-c4cccc5c4oc4ccccc45)cc(-c4ccc(F)cc4)cc3s2)c(O)c(C(C)(C)C)c1. The van der Waals surface area contributed by atoms with Crippen LogP contribution in [0.15, 0.2) is 125 Å². The van der Waals surface area contributed by atoms with Gasteiger partial charge in [-0.3, -0.25) is 4.99 Å². The van der Waals surface area contributed by atoms with Crippen LogP contribution in [0.3, 0.4) is 0 Å². The van der Waals surface area contributed by atoms with Gasteiger partial charge in [0.15, 0.2) is 0 Å². The lowest BCUT2D eigenvalue weighted by Gasteiger charge is -2.27. The zero-order valence-corrected chi connectivity index (χ0v) is 30.9. The van der Waals surface area contributed by atoms with Crippen molar-refractivity contribution >= 4 is 55.4 Å². The van der Waals surface area contributed by atoms with Crippen molar-refractivity contribution in [3.8, 4) is 38.6 Å². The van der Waals surface area contributed by atoms with Crippen LogP contribution in [0.5, 0.6) is 5.75 Å². The molecule has 4 nitrogen and oxygen atoms in total. The second kappa shape index (κ2) is 12.6. The molecule has 0 unspecified atom stereocenters. The van der Waals surface area contributed by atoms with Gasteiger partial charge >= 0.3 is 0 Å². The maximum Gasteiger partial charge on any atom is 0.143 e. The standard InChI is InChI=1S/C46H39FN2O2S/c1-45(2,3)30-22-29(42(50)37(25-30)46(4,5)6)26-48-38-16-9-7-13-35(38)44-49-41-36(23-28(24-40(41)52-44)27-18-20-31(47)21-19-27)34-15-11-14-33-32-12-8-10-17-39(32)51-43(33)34/h7-26,50H,1-6H3. The average molecular weight is 703 g/mol. The number of aromatic hydroxyl groups is 1. The predicted molar refractivity (Wildman–Crippen MR) is 216 cm³/mol. The summed E-state index contributed by atoms with van der Waals surface area (Å²) >= 11 is 1.59. The number of hydrogen-bond acceptors (Lipinski definition) is 5. The summed E-state index contributed by atoms with van der Waals surface area (Å²) in [6, 6.07) is 37.3. The molecule has 0 radical (unpaired) electrons. The Morgan fingerprint density at radius 2 is 1.42 bits per heavy atom. The Kier molecular flexibility index (Phi) is 8.11. The number of halogens is 1. The Morgan fingerprint density at radius 1 is 0.712 bits per heavy atom. The third-order valence-corrected chi connectivity index (χ3v) is 10.7. The Bertz CT molecular complexity index is 2670. The zero-order chi connectivity index (χ0) is 36.4. The van der Waals surface area contributed by atoms with E-state index in [1.165, 1.54) is 12.1 Å². The maximum absolute atomic E-state index is 14.0. The minimum atomic E-state index is -0.276. The quantitative estimate of drug-likeness (QED) is 0.182. The number of hydrogen-bond donors (Lipinski definition) is 1. The lowest BCUT2D eigenvalue weighted by molar-refractivity contribution is 0.444. The van der Waals surface area contributed by atoms with Gasteiger partial charge in [0.25, 0.3) is 0 Å². The monoisotopic (exact) mass is 702 g/mol. The molecule has 0 spiro atoms. The average Bonchev–Trinajstić information content (AvgIpc) is 3.72. The van der Waals surface area contributed by atoms with Crippen molar-refractivity contribution in [3.05, 3.63) is 138 Å². The second-order valence-electron chi connectivity index (χ2n) is 15.4. The second-order valence-corrected chi connectivity index (χ2v) is 16.4. The molecular formula is C46H39FN2O2S. The molecule has 0 fully saturated rings. The molecule has 6 aromatic carbocycles. The van der Waals surface area contributed by atoms with Crippen LogP contribution in [0.2, 0.25) is 0 Å². The molecule has 0 atom stereocenters. The molecule has 2 aromatic heterocycles. The van der Waals surface area contributed by atoms with Crippen LogP contribution >= 0.6 is 11.3 Å². The van der Waals surface area contributed by atoms with Crippen LogP contribution in [0, 0.1) is 5.82 Å². The molecule has 1 N–H and O–H groups in total. The molecule has 0 saturated heterocycles. The highest BCUT2D eigenvalue weighted by molar-refractivity contribution is 7.21. The Morgan fingerprint density at radius 3 is 2.19 bits per heavy atom. The van der Waals surface area contributed by atoms with Crippen molar-refractivity contribution in [2.24, 2.45) is 4.99 Å². The van der Waals surface area contributed by atoms with Crippen LogP contribution < -0.4 is 0 Å². The van der Waals surface area contributed by atoms with Crippen molar-refractivity contribution in [1.82, 2.24) is 4.98 Å². The smallest absolute Gasteiger partial charge is 0.143 e. The van der Waals surface area contributed by atoms with Crippen molar-refractivity contribution in [1.29, 1.82) is 0 Å². The van der Waals surface area contributed by atoms with E-state index in [0.29, 0.717) is 5.56 Å². The molecule has 8 rings (SSSR count). The van der Waals surface area contributed by atoms with E-state index in [1.54, 1.807) is 17.6 Å². The summed E-state index contributed by atoms with van der Waals surface area (Å²) in [5.41, 5.74) is 10.2. The summed E-state index contributed by atoms with van der Waals surface area (Å²) < 4.78 is 21.5. The van der Waals surface area contributed by atoms with E-state index in [0.717, 1.165) is 81.8 Å². The fourth-order valence-electron chi connectivity index (χ4n) is 6.78. The van der Waals surface area contributed by atoms with Gasteiger partial charge in [-0.15, -0.1) is 11.3 Å². The summed E-state index contributed by atoms with van der Waals surface area (Å²) in [4.78, 5) is 10.3. The molecule has 2 heterocycles. The minimum Gasteiger partial charge on any atom is -0.507 e. The van der Waals surface area contributed by atoms with Crippen molar-refractivity contribution < 1.29 is 13.9 Å². The highest BCUT2D eigenvalue weighted by Gasteiger charge is 2.25. The molecular weight excluding hydrogens is 664 g/mol. The van der Waals surface area contributed by atoms with E-state index in [4.69, 9.17) is 14.4 Å². The first-order chi connectivity index (χ1) is 24.8. The summed E-state index contributed by atoms with van der Waals surface area (Å²) in [5, 5.41) is 14.4. The summed E-state index contributed by atoms with van der Waals surface area (Å²) in [6.45, 7) is 12.9. The van der Waals surface area contributed by atoms with Gasteiger partial charge in [0.1, 0.15) is 27.7 Å². The van der Waals surface area contributed by atoms with Gasteiger partial charge in [0.2, 0.25) is 0 Å². The molecule has 52 heavy (non-hydrogen) atoms. The van der Waals surface area contributed by atoms with Crippen LogP contribution in [-0.4, -0.2) is 16.3 Å². The van der Waals surface area contributed by atoms with Gasteiger partial charge in [-0.2, -0.15) is 0 Å². The minimum absolute atomic E-state index is 0.105. The number of rotatable bonds is 5. The molecule has 0 saturated carbocycles. The van der Waals surface area contributed by atoms with Gasteiger partial charge in [-0.25, -0.2) is 9.37 Å². The highest BCUT2D eigenvalue weighted by Crippen LogP contribution is 2.44. The number of thiazole rings is 1. The Hall–Kier alpha value is -5.59. The van der Waals surface area contributed by atoms with E-state index in [2.05, 4.69) is 84.0 Å². The van der Waals surface area contributed by atoms with Crippen molar-refractivity contribution in [3.63, 3.8) is 0 Å². The lowest BCUT2D eigenvalue weighted by Crippen LogP contribution is -2.17. The lowest BCUT2D eigenvalue weighted by atomic mass is 9.79. The number of fused-ring (bicyclic) bond motifs is 4. The third-order valence-electron chi connectivity index (χ3n) is 9.66. The Balaban J connectivity index is 1.30. The number of para-hydroxylation sites is 3. The van der Waals surface area contributed by atoms with Crippen LogP contribution in [0.25, 0.3) is 65.0 Å². The third kappa shape index (κ3) is 6.07. The van der Waals surface area contributed by atoms with Gasteiger partial charge in [0.05, 0.1) is 15.9 Å². The summed E-state index contributed by atoms with van der Waals surface area (Å²) in [6.07, 6.45) is 1.77. The molecule has 6 heteroatoms. The fraction of sp³-hybridized carbons (Fsp3) is 0.174. The van der Waals surface area contributed by atoms with Crippen molar-refractivity contribution in [2.45, 2.75) is 52.4 Å². The fourth-order valence-corrected chi connectivity index (χ4v) is 7.85. The highest BCUT2D eigenvalue weighted by atomic mass is 32.1. The summed E-state index contributed by atoms with van der Waals surface area (Å²) in [7, 11) is 0. The number of aliphatic imine (C=N–C) groups is 1. The molecule has 8 aromatic rings. The predicted octanol–water partition coefficient (Wildman–Crippen LogP) is 13.4. The number of aromatic nitrogens is 1. The van der Waals surface area contributed by atoms with E-state index >= 15 is 0 Å². The number of phenols is 1. The molecule has 0 aliphatic heterocycles. The molecule has 0 aliphatic carbocycles. The van der Waals surface area contributed by atoms with Gasteiger partial charge in [0, 0.05) is 44.8 Å². The van der Waals surface area contributed by atoms with Crippen LogP contribution in [-0.2, 0) is 10.8 Å². The van der Waals surface area contributed by atoms with Gasteiger partial charge in [-0.1, -0.05) is 108 Å². The van der Waals surface area contributed by atoms with Gasteiger partial charge in [-0.05, 0) is 76.1 Å². The first-order valence-electron chi connectivity index (χ1n) is 17.5. The number of benzene rings is 6. The Labute approximate surface area is 306 Å². The molecule has 0 amide bonds. The number of furan rings is 1. The van der Waals surface area contributed by atoms with E-state index in [1.807, 2.05) is 60.7 Å². The van der Waals surface area contributed by atoms with E-state index < -0.39 is 0 Å². The zero-order valence-electron chi connectivity index (χ0n) is 30.1. The number of nitrogens with zero attached hydrogens (tertiary/aromatic N) is 2. The van der Waals surface area contributed by atoms with E-state index in [9.17, 15) is 9.50 Å². The first kappa shape index (κ1) is 33.5. The normalized spacial score (nSPS) is 12.5. The number of phenolic OH excluding ortho intramolecular Hbond substituents is 1. The van der Waals surface area contributed by atoms with Crippen molar-refractivity contribution in [2.75, 3.05) is 0 Å². The van der Waals surface area contributed by atoms with Crippen LogP contribution in [0.1, 0.15) is 58.2 Å². The molecule has 0 aliphatic rings. The van der Waals surface area contributed by atoms with Gasteiger partial charge < -0.3 is 9.52 Å². The molecule has 258 valence electrons. The first-order valence-corrected chi connectivity index (χ1v) is 18.3. The summed E-state index contributed by atoms with van der Waals surface area (Å²) in [5.74, 6) is -0.0261. The molecule has 0 bridgehead atoms.